The number of esters is 1. The largest absolute Gasteiger partial charge is 0.426 e. The maximum Gasteiger partial charge on any atom is 0.319 e. The van der Waals surface area contributed by atoms with Crippen molar-refractivity contribution in [3.8, 4) is 5.75 Å². The van der Waals surface area contributed by atoms with Crippen molar-refractivity contribution in [3.05, 3.63) is 30.3 Å². The highest BCUT2D eigenvalue weighted by molar-refractivity contribution is 5.79. The third-order valence-electron chi connectivity index (χ3n) is 2.98. The van der Waals surface area contributed by atoms with E-state index < -0.39 is 17.5 Å². The second kappa shape index (κ2) is 5.11. The van der Waals surface area contributed by atoms with E-state index in [9.17, 15) is 9.90 Å². The van der Waals surface area contributed by atoms with E-state index in [1.165, 1.54) is 0 Å². The molecule has 1 rings (SSSR count). The van der Waals surface area contributed by atoms with E-state index in [1.54, 1.807) is 38.1 Å². The highest BCUT2D eigenvalue weighted by Gasteiger charge is 2.43. The van der Waals surface area contributed by atoms with Crippen LogP contribution in [0.5, 0.6) is 5.75 Å². The monoisotopic (exact) mass is 250 g/mol. The molecule has 0 radical (unpaired) electrons. The number of ether oxygens (including phenoxy) is 1. The van der Waals surface area contributed by atoms with Gasteiger partial charge >= 0.3 is 5.97 Å². The summed E-state index contributed by atoms with van der Waals surface area (Å²) in [6.07, 6.45) is -0.777. The van der Waals surface area contributed by atoms with Gasteiger partial charge in [-0.2, -0.15) is 0 Å². The summed E-state index contributed by atoms with van der Waals surface area (Å²) < 4.78 is 5.30. The van der Waals surface area contributed by atoms with Crippen LogP contribution in [-0.2, 0) is 4.79 Å². The average Bonchev–Trinajstić information content (AvgIpc) is 2.28. The van der Waals surface area contributed by atoms with Crippen LogP contribution in [0, 0.1) is 10.8 Å². The molecule has 0 aliphatic rings. The summed E-state index contributed by atoms with van der Waals surface area (Å²) in [5.41, 5.74) is -1.33. The number of para-hydroxylation sites is 1. The Labute approximate surface area is 109 Å². The van der Waals surface area contributed by atoms with E-state index in [0.29, 0.717) is 5.75 Å². The molecule has 0 spiro atoms. The Morgan fingerprint density at radius 1 is 1.11 bits per heavy atom. The molecule has 0 saturated carbocycles. The number of benzene rings is 1. The van der Waals surface area contributed by atoms with E-state index in [4.69, 9.17) is 4.74 Å². The first-order chi connectivity index (χ1) is 8.15. The molecule has 0 bridgehead atoms. The molecule has 100 valence electrons. The number of aliphatic hydroxyl groups is 1. The third kappa shape index (κ3) is 3.33. The Hall–Kier alpha value is -1.35. The van der Waals surface area contributed by atoms with Crippen LogP contribution in [0.1, 0.15) is 34.6 Å². The summed E-state index contributed by atoms with van der Waals surface area (Å²) in [6.45, 7) is 9.10. The Morgan fingerprint density at radius 2 is 1.61 bits per heavy atom. The SMILES string of the molecule is CC(C)(C)C(O)C(C)(C)C(=O)Oc1ccccc1. The molecule has 3 heteroatoms. The zero-order chi connectivity index (χ0) is 14.0. The average molecular weight is 250 g/mol. The van der Waals surface area contributed by atoms with Gasteiger partial charge in [0.15, 0.2) is 0 Å². The van der Waals surface area contributed by atoms with E-state index in [1.807, 2.05) is 26.8 Å². The number of hydrogen-bond donors (Lipinski definition) is 1. The van der Waals surface area contributed by atoms with E-state index in [2.05, 4.69) is 0 Å². The van der Waals surface area contributed by atoms with Crippen molar-refractivity contribution in [1.29, 1.82) is 0 Å². The van der Waals surface area contributed by atoms with Gasteiger partial charge in [-0.3, -0.25) is 4.79 Å². The fraction of sp³-hybridized carbons (Fsp3) is 0.533. The molecule has 1 atom stereocenters. The van der Waals surface area contributed by atoms with Crippen molar-refractivity contribution in [2.24, 2.45) is 10.8 Å². The number of hydrogen-bond acceptors (Lipinski definition) is 3. The van der Waals surface area contributed by atoms with Crippen LogP contribution in [-0.4, -0.2) is 17.2 Å². The van der Waals surface area contributed by atoms with Crippen molar-refractivity contribution >= 4 is 5.97 Å². The molecule has 3 nitrogen and oxygen atoms in total. The van der Waals surface area contributed by atoms with Gasteiger partial charge in [0.1, 0.15) is 5.75 Å². The standard InChI is InChI=1S/C15H22O3/c1-14(2,3)12(16)15(4,5)13(17)18-11-9-7-6-8-10-11/h6-10,12,16H,1-5H3. The van der Waals surface area contributed by atoms with Crippen molar-refractivity contribution in [2.75, 3.05) is 0 Å². The zero-order valence-electron chi connectivity index (χ0n) is 11.7. The van der Waals surface area contributed by atoms with Crippen LogP contribution in [0.25, 0.3) is 0 Å². The summed E-state index contributed by atoms with van der Waals surface area (Å²) in [5, 5.41) is 10.3. The third-order valence-corrected chi connectivity index (χ3v) is 2.98. The van der Waals surface area contributed by atoms with Crippen molar-refractivity contribution in [3.63, 3.8) is 0 Å². The van der Waals surface area contributed by atoms with Crippen LogP contribution in [0.3, 0.4) is 0 Å². The second-order valence-corrected chi connectivity index (χ2v) is 6.19. The Bertz CT molecular complexity index is 401. The van der Waals surface area contributed by atoms with Crippen LogP contribution in [0.4, 0.5) is 0 Å². The lowest BCUT2D eigenvalue weighted by molar-refractivity contribution is -0.155. The van der Waals surface area contributed by atoms with E-state index in [0.717, 1.165) is 0 Å². The van der Waals surface area contributed by atoms with Crippen molar-refractivity contribution in [1.82, 2.24) is 0 Å². The number of rotatable bonds is 3. The molecule has 0 amide bonds. The van der Waals surface area contributed by atoms with Gasteiger partial charge in [-0.1, -0.05) is 39.0 Å². The molecule has 1 N–H and O–H groups in total. The molecule has 0 aliphatic heterocycles. The lowest BCUT2D eigenvalue weighted by Crippen LogP contribution is -2.46. The Morgan fingerprint density at radius 3 is 2.06 bits per heavy atom. The number of carbonyl (C=O) groups excluding carboxylic acids is 1. The first kappa shape index (κ1) is 14.7. The molecule has 0 aromatic heterocycles. The molecule has 0 heterocycles. The lowest BCUT2D eigenvalue weighted by Gasteiger charge is -2.36. The minimum atomic E-state index is -0.950. The summed E-state index contributed by atoms with van der Waals surface area (Å²) in [4.78, 5) is 12.1. The summed E-state index contributed by atoms with van der Waals surface area (Å²) >= 11 is 0. The van der Waals surface area contributed by atoms with Crippen LogP contribution in [0.15, 0.2) is 30.3 Å². The summed E-state index contributed by atoms with van der Waals surface area (Å²) in [5.74, 6) is 0.0767. The molecular weight excluding hydrogens is 228 g/mol. The maximum atomic E-state index is 12.1. The first-order valence-electron chi connectivity index (χ1n) is 6.11. The van der Waals surface area contributed by atoms with Gasteiger partial charge in [0.25, 0.3) is 0 Å². The fourth-order valence-electron chi connectivity index (χ4n) is 1.92. The first-order valence-corrected chi connectivity index (χ1v) is 6.11. The van der Waals surface area contributed by atoms with E-state index in [-0.39, 0.29) is 5.41 Å². The van der Waals surface area contributed by atoms with E-state index >= 15 is 0 Å². The molecule has 1 aromatic carbocycles. The van der Waals surface area contributed by atoms with Crippen LogP contribution < -0.4 is 4.74 Å². The summed E-state index contributed by atoms with van der Waals surface area (Å²) in [7, 11) is 0. The lowest BCUT2D eigenvalue weighted by atomic mass is 9.73. The van der Waals surface area contributed by atoms with Gasteiger partial charge in [-0.05, 0) is 31.4 Å². The maximum absolute atomic E-state index is 12.1. The second-order valence-electron chi connectivity index (χ2n) is 6.19. The molecule has 0 aliphatic carbocycles. The van der Waals surface area contributed by atoms with Crippen LogP contribution in [0.2, 0.25) is 0 Å². The van der Waals surface area contributed by atoms with Gasteiger partial charge < -0.3 is 9.84 Å². The smallest absolute Gasteiger partial charge is 0.319 e. The topological polar surface area (TPSA) is 46.5 Å². The normalized spacial score (nSPS) is 14.1. The predicted octanol–water partition coefficient (Wildman–Crippen LogP) is 3.03. The highest BCUT2D eigenvalue weighted by Crippen LogP contribution is 2.35. The highest BCUT2D eigenvalue weighted by atomic mass is 16.5. The fourth-order valence-corrected chi connectivity index (χ4v) is 1.92. The summed E-state index contributed by atoms with van der Waals surface area (Å²) in [6, 6.07) is 8.90. The van der Waals surface area contributed by atoms with Crippen molar-refractivity contribution < 1.29 is 14.6 Å². The van der Waals surface area contributed by atoms with Gasteiger partial charge in [0.05, 0.1) is 11.5 Å². The molecule has 18 heavy (non-hydrogen) atoms. The predicted molar refractivity (Wildman–Crippen MR) is 71.3 cm³/mol. The minimum absolute atomic E-state index is 0.376. The van der Waals surface area contributed by atoms with Gasteiger partial charge in [0, 0.05) is 0 Å². The zero-order valence-corrected chi connectivity index (χ0v) is 11.7. The molecular formula is C15H22O3. The van der Waals surface area contributed by atoms with Crippen molar-refractivity contribution in [2.45, 2.75) is 40.7 Å². The van der Waals surface area contributed by atoms with Gasteiger partial charge in [-0.15, -0.1) is 0 Å². The number of carbonyl (C=O) groups is 1. The van der Waals surface area contributed by atoms with Crippen LogP contribution >= 0.6 is 0 Å². The Kier molecular flexibility index (Phi) is 4.17. The number of aliphatic hydroxyl groups excluding tert-OH is 1. The van der Waals surface area contributed by atoms with Gasteiger partial charge in [-0.25, -0.2) is 0 Å². The quantitative estimate of drug-likeness (QED) is 0.662. The molecule has 1 unspecified atom stereocenters. The molecule has 0 saturated heterocycles. The minimum Gasteiger partial charge on any atom is -0.426 e. The molecule has 1 aromatic rings. The molecule has 0 fully saturated rings. The Balaban J connectivity index is 2.83. The van der Waals surface area contributed by atoms with Gasteiger partial charge in [0.2, 0.25) is 0 Å².